The van der Waals surface area contributed by atoms with Gasteiger partial charge in [-0.15, -0.1) is 0 Å². The van der Waals surface area contributed by atoms with E-state index in [1.807, 2.05) is 6.92 Å². The third kappa shape index (κ3) is 1.93. The molecule has 0 aromatic carbocycles. The van der Waals surface area contributed by atoms with Crippen molar-refractivity contribution in [2.45, 2.75) is 19.8 Å². The number of likely N-dealkylation sites (tertiary alicyclic amines) is 1. The van der Waals surface area contributed by atoms with Gasteiger partial charge in [0.15, 0.2) is 0 Å². The third-order valence-electron chi connectivity index (χ3n) is 1.77. The van der Waals surface area contributed by atoms with Gasteiger partial charge in [0.25, 0.3) is 0 Å². The van der Waals surface area contributed by atoms with Crippen LogP contribution in [0.2, 0.25) is 0 Å². The molecule has 1 aliphatic rings. The first-order chi connectivity index (χ1) is 4.70. The van der Waals surface area contributed by atoms with E-state index in [9.17, 15) is 4.79 Å². The van der Waals surface area contributed by atoms with Gasteiger partial charge in [-0.3, -0.25) is 0 Å². The number of nitrogens with zero attached hydrogens (tertiary/aromatic N) is 1. The van der Waals surface area contributed by atoms with E-state index in [0.29, 0.717) is 5.78 Å². The van der Waals surface area contributed by atoms with Crippen molar-refractivity contribution in [3.8, 4) is 0 Å². The molecule has 0 spiro atoms. The molecule has 3 heteroatoms. The maximum absolute atomic E-state index is 10.8. The number of hydrogen-bond acceptors (Lipinski definition) is 2. The Morgan fingerprint density at radius 1 is 1.50 bits per heavy atom. The second-order valence-electron chi connectivity index (χ2n) is 2.54. The van der Waals surface area contributed by atoms with Crippen LogP contribution in [0, 0.1) is 0 Å². The van der Waals surface area contributed by atoms with Crippen LogP contribution in [0.1, 0.15) is 19.8 Å². The zero-order valence-electron chi connectivity index (χ0n) is 6.09. The molecular formula is C7H11NOSe. The summed E-state index contributed by atoms with van der Waals surface area (Å²) in [5, 5.41) is 0. The average Bonchev–Trinajstić information content (AvgIpc) is 1.88. The Kier molecular flexibility index (Phi) is 2.63. The third-order valence-corrected chi connectivity index (χ3v) is 2.31. The number of rotatable bonds is 1. The Balaban J connectivity index is 2.40. The monoisotopic (exact) mass is 205 g/mol. The van der Waals surface area contributed by atoms with Gasteiger partial charge >= 0.3 is 68.4 Å². The second-order valence-corrected chi connectivity index (χ2v) is 3.78. The first kappa shape index (κ1) is 7.96. The summed E-state index contributed by atoms with van der Waals surface area (Å²) in [4.78, 5) is 13.0. The number of carbonyl (C=O) groups excluding carboxylic acids is 1. The minimum absolute atomic E-state index is 0.400. The molecule has 2 nitrogen and oxygen atoms in total. The van der Waals surface area contributed by atoms with Gasteiger partial charge in [-0.2, -0.15) is 0 Å². The SMILES string of the molecule is CC(=[Se])N1CCC(=O)CC1. The number of ketones is 1. The van der Waals surface area contributed by atoms with E-state index in [1.165, 1.54) is 4.54 Å². The summed E-state index contributed by atoms with van der Waals surface area (Å²) >= 11 is 2.96. The predicted octanol–water partition coefficient (Wildman–Crippen LogP) is -0.0304. The molecule has 0 aliphatic carbocycles. The van der Waals surface area contributed by atoms with Crippen molar-refractivity contribution < 1.29 is 4.79 Å². The van der Waals surface area contributed by atoms with Crippen molar-refractivity contribution in [2.24, 2.45) is 0 Å². The molecule has 56 valence electrons. The Morgan fingerprint density at radius 2 is 2.00 bits per heavy atom. The Bertz CT molecular complexity index is 157. The van der Waals surface area contributed by atoms with E-state index in [0.717, 1.165) is 25.9 Å². The number of piperidine rings is 1. The first-order valence-electron chi connectivity index (χ1n) is 3.47. The molecule has 1 fully saturated rings. The van der Waals surface area contributed by atoms with Gasteiger partial charge in [0, 0.05) is 0 Å². The van der Waals surface area contributed by atoms with Crippen molar-refractivity contribution >= 4 is 25.9 Å². The van der Waals surface area contributed by atoms with Gasteiger partial charge in [-0.25, -0.2) is 0 Å². The standard InChI is InChI=1S/C7H11NOSe/c1-6(10)8-4-2-7(9)3-5-8/h2-5H2,1H3. The molecule has 0 bridgehead atoms. The molecule has 0 atom stereocenters. The van der Waals surface area contributed by atoms with Gasteiger partial charge in [-0.05, 0) is 0 Å². The van der Waals surface area contributed by atoms with E-state index in [-0.39, 0.29) is 0 Å². The van der Waals surface area contributed by atoms with E-state index in [1.54, 1.807) is 0 Å². The summed E-state index contributed by atoms with van der Waals surface area (Å²) in [7, 11) is 0. The molecule has 10 heavy (non-hydrogen) atoms. The van der Waals surface area contributed by atoms with Crippen LogP contribution in [-0.4, -0.2) is 43.9 Å². The molecule has 0 saturated carbocycles. The van der Waals surface area contributed by atoms with Gasteiger partial charge in [0.1, 0.15) is 0 Å². The van der Waals surface area contributed by atoms with Crippen LogP contribution >= 0.6 is 0 Å². The van der Waals surface area contributed by atoms with Crippen molar-refractivity contribution in [1.29, 1.82) is 0 Å². The molecule has 0 radical (unpaired) electrons. The van der Waals surface area contributed by atoms with Crippen LogP contribution in [0.4, 0.5) is 0 Å². The van der Waals surface area contributed by atoms with Gasteiger partial charge in [0.05, 0.1) is 0 Å². The van der Waals surface area contributed by atoms with E-state index >= 15 is 0 Å². The summed E-state index contributed by atoms with van der Waals surface area (Å²) < 4.78 is 1.20. The zero-order valence-corrected chi connectivity index (χ0v) is 7.81. The Morgan fingerprint density at radius 3 is 2.40 bits per heavy atom. The molecule has 1 heterocycles. The summed E-state index contributed by atoms with van der Waals surface area (Å²) in [5.41, 5.74) is 0. The van der Waals surface area contributed by atoms with Gasteiger partial charge < -0.3 is 0 Å². The molecule has 0 aromatic heterocycles. The topological polar surface area (TPSA) is 20.3 Å². The Hall–Kier alpha value is -0.141. The molecule has 0 amide bonds. The molecule has 0 aromatic rings. The van der Waals surface area contributed by atoms with Crippen LogP contribution in [0.15, 0.2) is 0 Å². The van der Waals surface area contributed by atoms with E-state index in [2.05, 4.69) is 20.5 Å². The van der Waals surface area contributed by atoms with Crippen molar-refractivity contribution in [1.82, 2.24) is 4.90 Å². The predicted molar refractivity (Wildman–Crippen MR) is 42.2 cm³/mol. The molecule has 1 aliphatic heterocycles. The summed E-state index contributed by atoms with van der Waals surface area (Å²) in [6, 6.07) is 0. The van der Waals surface area contributed by atoms with Crippen LogP contribution in [0.3, 0.4) is 0 Å². The second kappa shape index (κ2) is 3.31. The quantitative estimate of drug-likeness (QED) is 0.559. The number of Topliss-reactive ketones (excluding diaryl/α,β-unsaturated/α-hetero) is 1. The van der Waals surface area contributed by atoms with Crippen molar-refractivity contribution in [3.05, 3.63) is 0 Å². The Labute approximate surface area is 68.9 Å². The fourth-order valence-corrected chi connectivity index (χ4v) is 1.45. The minimum atomic E-state index is 0.400. The van der Waals surface area contributed by atoms with Crippen molar-refractivity contribution in [2.75, 3.05) is 13.1 Å². The molecule has 0 unspecified atom stereocenters. The fourth-order valence-electron chi connectivity index (χ4n) is 1.07. The average molecular weight is 204 g/mol. The van der Waals surface area contributed by atoms with Gasteiger partial charge in [0.2, 0.25) is 0 Å². The van der Waals surface area contributed by atoms with Crippen LogP contribution < -0.4 is 0 Å². The molecule has 1 rings (SSSR count). The molecular weight excluding hydrogens is 193 g/mol. The van der Waals surface area contributed by atoms with E-state index < -0.39 is 0 Å². The number of hydrogen-bond donors (Lipinski definition) is 0. The normalized spacial score (nSPS) is 19.3. The summed E-state index contributed by atoms with van der Waals surface area (Å²) in [5.74, 6) is 0.400. The van der Waals surface area contributed by atoms with Crippen LogP contribution in [-0.2, 0) is 4.79 Å². The zero-order chi connectivity index (χ0) is 7.56. The van der Waals surface area contributed by atoms with Crippen molar-refractivity contribution in [3.63, 3.8) is 0 Å². The molecule has 1 saturated heterocycles. The first-order valence-corrected chi connectivity index (χ1v) is 4.33. The number of carbonyl (C=O) groups is 1. The maximum atomic E-state index is 10.8. The van der Waals surface area contributed by atoms with Gasteiger partial charge in [-0.1, -0.05) is 0 Å². The fraction of sp³-hybridized carbons (Fsp3) is 0.714. The van der Waals surface area contributed by atoms with Crippen LogP contribution in [0.25, 0.3) is 0 Å². The summed E-state index contributed by atoms with van der Waals surface area (Å²) in [6.07, 6.45) is 1.44. The summed E-state index contributed by atoms with van der Waals surface area (Å²) in [6.45, 7) is 3.84. The van der Waals surface area contributed by atoms with E-state index in [4.69, 9.17) is 0 Å². The molecule has 0 N–H and O–H groups in total. The van der Waals surface area contributed by atoms with Crippen LogP contribution in [0.5, 0.6) is 0 Å².